The number of piperidine rings is 1. The summed E-state index contributed by atoms with van der Waals surface area (Å²) in [6, 6.07) is 7.67. The smallest absolute Gasteiger partial charge is 0.142 e. The first-order chi connectivity index (χ1) is 9.36. The highest BCUT2D eigenvalue weighted by atomic mass is 15.2. The second-order valence-electron chi connectivity index (χ2n) is 4.75. The molecule has 3 heterocycles. The molecule has 2 aromatic rings. The molecule has 2 aromatic heterocycles. The molecule has 1 aliphatic heterocycles. The lowest BCUT2D eigenvalue weighted by molar-refractivity contribution is 0.491. The van der Waals surface area contributed by atoms with Crippen molar-refractivity contribution in [2.75, 3.05) is 18.0 Å². The molecule has 3 rings (SSSR count). The number of hydrogen-bond donors (Lipinski definition) is 1. The van der Waals surface area contributed by atoms with Gasteiger partial charge in [0.1, 0.15) is 23.4 Å². The first kappa shape index (κ1) is 11.7. The summed E-state index contributed by atoms with van der Waals surface area (Å²) < 4.78 is 0. The van der Waals surface area contributed by atoms with Crippen LogP contribution in [0.1, 0.15) is 30.3 Å². The van der Waals surface area contributed by atoms with E-state index in [1.807, 2.05) is 18.3 Å². The molecule has 5 heteroatoms. The number of anilines is 1. The molecule has 0 saturated carbocycles. The molecule has 0 amide bonds. The monoisotopic (exact) mass is 253 g/mol. The summed E-state index contributed by atoms with van der Waals surface area (Å²) in [5, 5.41) is 8.92. The summed E-state index contributed by atoms with van der Waals surface area (Å²) in [6.07, 6.45) is 5.91. The molecule has 1 fully saturated rings. The lowest BCUT2D eigenvalue weighted by Crippen LogP contribution is -2.35. The molecule has 1 unspecified atom stereocenters. The number of aromatic amines is 1. The Morgan fingerprint density at radius 3 is 3.16 bits per heavy atom. The molecule has 1 N–H and O–H groups in total. The molecule has 1 atom stereocenters. The highest BCUT2D eigenvalue weighted by Crippen LogP contribution is 2.27. The number of nitrogens with zero attached hydrogens (tertiary/aromatic N) is 4. The zero-order valence-electron chi connectivity index (χ0n) is 10.6. The third-order valence-electron chi connectivity index (χ3n) is 3.50. The van der Waals surface area contributed by atoms with Crippen molar-refractivity contribution in [2.45, 2.75) is 18.8 Å². The highest BCUT2D eigenvalue weighted by Gasteiger charge is 2.23. The first-order valence-corrected chi connectivity index (χ1v) is 6.48. The summed E-state index contributed by atoms with van der Waals surface area (Å²) in [5.41, 5.74) is 0.470. The van der Waals surface area contributed by atoms with Crippen LogP contribution in [0.3, 0.4) is 0 Å². The van der Waals surface area contributed by atoms with E-state index in [2.05, 4.69) is 25.9 Å². The second-order valence-corrected chi connectivity index (χ2v) is 4.75. The van der Waals surface area contributed by atoms with Gasteiger partial charge in [-0.05, 0) is 25.0 Å². The van der Waals surface area contributed by atoms with Crippen molar-refractivity contribution in [1.82, 2.24) is 15.0 Å². The fourth-order valence-electron chi connectivity index (χ4n) is 2.57. The van der Waals surface area contributed by atoms with Gasteiger partial charge in [0, 0.05) is 31.4 Å². The Balaban J connectivity index is 1.80. The van der Waals surface area contributed by atoms with Crippen LogP contribution in [-0.4, -0.2) is 28.0 Å². The minimum Gasteiger partial charge on any atom is -0.356 e. The predicted octanol–water partition coefficient (Wildman–Crippen LogP) is 2.06. The summed E-state index contributed by atoms with van der Waals surface area (Å²) >= 11 is 0. The van der Waals surface area contributed by atoms with Gasteiger partial charge in [-0.25, -0.2) is 9.97 Å². The van der Waals surface area contributed by atoms with E-state index in [-0.39, 0.29) is 0 Å². The SMILES string of the molecule is N#Cc1cccc(N2CCCC(c3ncc[nH]3)C2)n1. The van der Waals surface area contributed by atoms with Crippen molar-refractivity contribution in [3.05, 3.63) is 42.1 Å². The van der Waals surface area contributed by atoms with Gasteiger partial charge in [0.05, 0.1) is 0 Å². The van der Waals surface area contributed by atoms with E-state index in [0.29, 0.717) is 11.6 Å². The van der Waals surface area contributed by atoms with E-state index in [9.17, 15) is 0 Å². The lowest BCUT2D eigenvalue weighted by Gasteiger charge is -2.32. The third-order valence-corrected chi connectivity index (χ3v) is 3.50. The van der Waals surface area contributed by atoms with Crippen molar-refractivity contribution in [3.8, 4) is 6.07 Å². The molecular formula is C14H15N5. The fraction of sp³-hybridized carbons (Fsp3) is 0.357. The highest BCUT2D eigenvalue weighted by molar-refractivity contribution is 5.42. The van der Waals surface area contributed by atoms with Crippen molar-refractivity contribution in [3.63, 3.8) is 0 Å². The topological polar surface area (TPSA) is 68.6 Å². The van der Waals surface area contributed by atoms with Crippen LogP contribution in [-0.2, 0) is 0 Å². The molecular weight excluding hydrogens is 238 g/mol. The number of hydrogen-bond acceptors (Lipinski definition) is 4. The van der Waals surface area contributed by atoms with Crippen LogP contribution in [0.2, 0.25) is 0 Å². The van der Waals surface area contributed by atoms with Gasteiger partial charge in [-0.2, -0.15) is 5.26 Å². The van der Waals surface area contributed by atoms with Gasteiger partial charge in [0.25, 0.3) is 0 Å². The van der Waals surface area contributed by atoms with Gasteiger partial charge >= 0.3 is 0 Å². The molecule has 0 bridgehead atoms. The minimum atomic E-state index is 0.413. The quantitative estimate of drug-likeness (QED) is 0.889. The number of imidazole rings is 1. The maximum atomic E-state index is 8.92. The Morgan fingerprint density at radius 2 is 2.37 bits per heavy atom. The molecule has 19 heavy (non-hydrogen) atoms. The first-order valence-electron chi connectivity index (χ1n) is 6.48. The molecule has 1 saturated heterocycles. The van der Waals surface area contributed by atoms with Gasteiger partial charge in [-0.1, -0.05) is 6.07 Å². The molecule has 0 aromatic carbocycles. The van der Waals surface area contributed by atoms with E-state index < -0.39 is 0 Å². The zero-order valence-corrected chi connectivity index (χ0v) is 10.6. The number of H-pyrrole nitrogens is 1. The molecule has 0 spiro atoms. The Hall–Kier alpha value is -2.35. The fourth-order valence-corrected chi connectivity index (χ4v) is 2.57. The van der Waals surface area contributed by atoms with E-state index >= 15 is 0 Å². The van der Waals surface area contributed by atoms with Crippen molar-refractivity contribution in [1.29, 1.82) is 5.26 Å². The number of nitrogens with one attached hydrogen (secondary N) is 1. The standard InChI is InChI=1S/C14H15N5/c15-9-12-4-1-5-13(18-12)19-8-2-3-11(10-19)14-16-6-7-17-14/h1,4-7,11H,2-3,8,10H2,(H,16,17). The van der Waals surface area contributed by atoms with E-state index in [1.54, 1.807) is 12.3 Å². The van der Waals surface area contributed by atoms with Gasteiger partial charge in [0.15, 0.2) is 0 Å². The molecule has 0 aliphatic carbocycles. The number of aromatic nitrogens is 3. The van der Waals surface area contributed by atoms with Crippen LogP contribution >= 0.6 is 0 Å². The third kappa shape index (κ3) is 2.43. The van der Waals surface area contributed by atoms with E-state index in [1.165, 1.54) is 0 Å². The maximum absolute atomic E-state index is 8.92. The van der Waals surface area contributed by atoms with Crippen LogP contribution in [0, 0.1) is 11.3 Å². The average Bonchev–Trinajstić information content (AvgIpc) is 3.02. The second kappa shape index (κ2) is 5.11. The van der Waals surface area contributed by atoms with Gasteiger partial charge in [-0.15, -0.1) is 0 Å². The van der Waals surface area contributed by atoms with Gasteiger partial charge in [0.2, 0.25) is 0 Å². The van der Waals surface area contributed by atoms with Crippen LogP contribution in [0.25, 0.3) is 0 Å². The van der Waals surface area contributed by atoms with Crippen LogP contribution in [0.4, 0.5) is 5.82 Å². The molecule has 96 valence electrons. The molecule has 5 nitrogen and oxygen atoms in total. The lowest BCUT2D eigenvalue weighted by atomic mass is 9.97. The number of pyridine rings is 1. The maximum Gasteiger partial charge on any atom is 0.142 e. The van der Waals surface area contributed by atoms with Gasteiger partial charge in [-0.3, -0.25) is 0 Å². The van der Waals surface area contributed by atoms with Crippen molar-refractivity contribution < 1.29 is 0 Å². The van der Waals surface area contributed by atoms with E-state index in [4.69, 9.17) is 5.26 Å². The summed E-state index contributed by atoms with van der Waals surface area (Å²) in [4.78, 5) is 14.1. The average molecular weight is 253 g/mol. The Labute approximate surface area is 111 Å². The van der Waals surface area contributed by atoms with Crippen molar-refractivity contribution >= 4 is 5.82 Å². The molecule has 1 aliphatic rings. The van der Waals surface area contributed by atoms with Crippen LogP contribution in [0.5, 0.6) is 0 Å². The zero-order chi connectivity index (χ0) is 13.1. The summed E-state index contributed by atoms with van der Waals surface area (Å²) in [7, 11) is 0. The Bertz CT molecular complexity index is 584. The predicted molar refractivity (Wildman–Crippen MR) is 71.7 cm³/mol. The molecule has 0 radical (unpaired) electrons. The normalized spacial score (nSPS) is 19.1. The van der Waals surface area contributed by atoms with Gasteiger partial charge < -0.3 is 9.88 Å². The van der Waals surface area contributed by atoms with Crippen molar-refractivity contribution in [2.24, 2.45) is 0 Å². The summed E-state index contributed by atoms with van der Waals surface area (Å²) in [5.74, 6) is 2.34. The Morgan fingerprint density at radius 1 is 1.42 bits per heavy atom. The Kier molecular flexibility index (Phi) is 3.15. The van der Waals surface area contributed by atoms with Crippen LogP contribution in [0.15, 0.2) is 30.6 Å². The minimum absolute atomic E-state index is 0.413. The number of rotatable bonds is 2. The summed E-state index contributed by atoms with van der Waals surface area (Å²) in [6.45, 7) is 1.88. The van der Waals surface area contributed by atoms with E-state index in [0.717, 1.165) is 37.6 Å². The largest absolute Gasteiger partial charge is 0.356 e. The van der Waals surface area contributed by atoms with Crippen LogP contribution < -0.4 is 4.90 Å². The number of nitriles is 1.